The number of hydrogen-bond donors (Lipinski definition) is 7. The minimum Gasteiger partial charge on any atom is -0.462 e. The Morgan fingerprint density at radius 1 is 0.561 bits per heavy atom. The second kappa shape index (κ2) is 39.5. The van der Waals surface area contributed by atoms with E-state index in [1.807, 2.05) is 18.2 Å². The van der Waals surface area contributed by atoms with Crippen LogP contribution in [-0.4, -0.2) is 110 Å². The number of allylic oxidation sites excluding steroid dienone is 16. The fraction of sp³-hybridized carbons (Fsp3) is 0.608. The van der Waals surface area contributed by atoms with Gasteiger partial charge in [0.2, 0.25) is 0 Å². The van der Waals surface area contributed by atoms with Crippen LogP contribution in [0.4, 0.5) is 0 Å². The van der Waals surface area contributed by atoms with Gasteiger partial charge >= 0.3 is 19.8 Å². The number of unbranched alkanes of at least 4 members (excludes halogenated alkanes) is 7. The number of hydrogen-bond acceptors (Lipinski definition) is 13. The fourth-order valence-electron chi connectivity index (χ4n) is 6.33. The van der Waals surface area contributed by atoms with Gasteiger partial charge in [0.25, 0.3) is 0 Å². The predicted octanol–water partition coefficient (Wildman–Crippen LogP) is 8.58. The summed E-state index contributed by atoms with van der Waals surface area (Å²) in [5.41, 5.74) is 0. The average Bonchev–Trinajstić information content (AvgIpc) is 3.29. The summed E-state index contributed by atoms with van der Waals surface area (Å²) in [5, 5.41) is 60.4. The minimum absolute atomic E-state index is 0.0529. The van der Waals surface area contributed by atoms with E-state index in [9.17, 15) is 49.7 Å². The zero-order chi connectivity index (χ0) is 48.7. The molecule has 0 aromatic rings. The van der Waals surface area contributed by atoms with Gasteiger partial charge in [-0.15, -0.1) is 0 Å². The van der Waals surface area contributed by atoms with Crippen LogP contribution in [0.25, 0.3) is 0 Å². The summed E-state index contributed by atoms with van der Waals surface area (Å²) in [5.74, 6) is -1.28. The topological polar surface area (TPSA) is 230 Å². The predicted molar refractivity (Wildman–Crippen MR) is 259 cm³/mol. The lowest BCUT2D eigenvalue weighted by atomic mass is 9.85. The number of phosphoric acid groups is 1. The van der Waals surface area contributed by atoms with E-state index in [1.54, 1.807) is 18.2 Å². The van der Waals surface area contributed by atoms with Crippen LogP contribution in [0.2, 0.25) is 0 Å². The van der Waals surface area contributed by atoms with Gasteiger partial charge in [-0.25, -0.2) is 4.57 Å². The van der Waals surface area contributed by atoms with Crippen LogP contribution in [-0.2, 0) is 32.7 Å². The molecule has 66 heavy (non-hydrogen) atoms. The molecule has 0 aromatic carbocycles. The van der Waals surface area contributed by atoms with Crippen molar-refractivity contribution in [2.24, 2.45) is 0 Å². The van der Waals surface area contributed by atoms with Crippen molar-refractivity contribution in [3.63, 3.8) is 0 Å². The fourth-order valence-corrected chi connectivity index (χ4v) is 7.30. The Labute approximate surface area is 394 Å². The maximum Gasteiger partial charge on any atom is 0.472 e. The molecule has 7 N–H and O–H groups in total. The molecule has 0 bridgehead atoms. The molecule has 15 heteroatoms. The van der Waals surface area contributed by atoms with E-state index in [1.165, 1.54) is 19.3 Å². The van der Waals surface area contributed by atoms with Gasteiger partial charge in [0.15, 0.2) is 6.10 Å². The number of phosphoric ester groups is 1. The molecule has 374 valence electrons. The molecular weight excluding hydrogens is 868 g/mol. The molecule has 0 spiro atoms. The van der Waals surface area contributed by atoms with E-state index in [0.717, 1.165) is 64.2 Å². The van der Waals surface area contributed by atoms with Gasteiger partial charge in [-0.3, -0.25) is 18.6 Å². The van der Waals surface area contributed by atoms with Crippen LogP contribution in [0.3, 0.4) is 0 Å². The standard InChI is InChI=1S/C51H81O14P/c1-3-5-7-9-11-13-14-15-16-17-18-19-20-21-22-24-26-30-34-38-44(53)62-40-43(41-63-66(60,61)65-51-49(58)47(56)46(55)48(57)50(51)59)64-45(54)39-35-31-27-29-33-37-42(52)36-32-28-25-23-12-10-8-6-4-2/h5,7,11-13,15-16,18-19,21-23,27-29,32-33,37,42-43,46-52,55-59H,3-4,6,8-10,14,17,20,24-26,30-31,34-36,38-41H2,1-2H3,(H,60,61)/b7-5-,13-11-,16-15-,19-18-,22-21-,23-12-,29-27+,32-28-,37-33-/t42?,43-,46?,47-,48+,49-,50-,51?/m1/s1. The number of ether oxygens (including phenoxy) is 2. The molecule has 1 aliphatic rings. The van der Waals surface area contributed by atoms with E-state index >= 15 is 0 Å². The van der Waals surface area contributed by atoms with Crippen LogP contribution >= 0.6 is 7.82 Å². The Morgan fingerprint density at radius 2 is 1.06 bits per heavy atom. The molecule has 1 rings (SSSR count). The van der Waals surface area contributed by atoms with Crippen LogP contribution in [0.5, 0.6) is 0 Å². The molecule has 0 saturated heterocycles. The van der Waals surface area contributed by atoms with Crippen molar-refractivity contribution in [2.45, 2.75) is 185 Å². The molecule has 0 aliphatic heterocycles. The summed E-state index contributed by atoms with van der Waals surface area (Å²) >= 11 is 0. The number of rotatable bonds is 37. The van der Waals surface area contributed by atoms with E-state index in [2.05, 4.69) is 86.8 Å². The van der Waals surface area contributed by atoms with Gasteiger partial charge < -0.3 is 45.0 Å². The normalized spacial score (nSPS) is 22.7. The Balaban J connectivity index is 2.56. The smallest absolute Gasteiger partial charge is 0.462 e. The first-order valence-corrected chi connectivity index (χ1v) is 25.3. The summed E-state index contributed by atoms with van der Waals surface area (Å²) in [6.07, 6.45) is 37.3. The van der Waals surface area contributed by atoms with Crippen molar-refractivity contribution < 1.29 is 68.2 Å². The van der Waals surface area contributed by atoms with Crippen molar-refractivity contribution in [3.8, 4) is 0 Å². The molecule has 0 aromatic heterocycles. The number of aliphatic hydroxyl groups excluding tert-OH is 6. The summed E-state index contributed by atoms with van der Waals surface area (Å²) < 4.78 is 33.4. The number of aliphatic hydroxyl groups is 6. The second-order valence-electron chi connectivity index (χ2n) is 16.1. The summed E-state index contributed by atoms with van der Waals surface area (Å²) in [7, 11) is -5.17. The summed E-state index contributed by atoms with van der Waals surface area (Å²) in [6, 6.07) is 0. The lowest BCUT2D eigenvalue weighted by Crippen LogP contribution is -2.64. The van der Waals surface area contributed by atoms with Crippen molar-refractivity contribution in [1.29, 1.82) is 0 Å². The van der Waals surface area contributed by atoms with Crippen LogP contribution in [0, 0.1) is 0 Å². The second-order valence-corrected chi connectivity index (χ2v) is 17.5. The number of esters is 2. The molecule has 0 heterocycles. The van der Waals surface area contributed by atoms with Gasteiger partial charge in [0, 0.05) is 12.8 Å². The SMILES string of the molecule is CC/C=C\C/C=C\C/C=C\C/C=C\C/C=C\CCCCCC(=O)OC[C@H](COP(=O)(O)OC1[C@H](O)[C@H](O)C(O)[C@H](O)[C@H]1O)OC(=O)CCC/C=C/C=C\C(O)C/C=C\C/C=C\CCCCC. The minimum atomic E-state index is -5.17. The number of carbonyl (C=O) groups excluding carboxylic acids is 2. The van der Waals surface area contributed by atoms with Gasteiger partial charge in [0.1, 0.15) is 43.2 Å². The van der Waals surface area contributed by atoms with Crippen LogP contribution in [0.15, 0.2) is 109 Å². The van der Waals surface area contributed by atoms with E-state index in [0.29, 0.717) is 25.7 Å². The molecule has 0 radical (unpaired) electrons. The average molecular weight is 949 g/mol. The van der Waals surface area contributed by atoms with Crippen molar-refractivity contribution >= 4 is 19.8 Å². The Hall–Kier alpha value is -3.53. The zero-order valence-electron chi connectivity index (χ0n) is 39.3. The third kappa shape index (κ3) is 31.4. The maximum absolute atomic E-state index is 12.8. The summed E-state index contributed by atoms with van der Waals surface area (Å²) in [4.78, 5) is 35.7. The highest BCUT2D eigenvalue weighted by molar-refractivity contribution is 7.47. The first-order chi connectivity index (χ1) is 31.8. The third-order valence-corrected chi connectivity index (χ3v) is 11.2. The monoisotopic (exact) mass is 949 g/mol. The lowest BCUT2D eigenvalue weighted by molar-refractivity contribution is -0.220. The van der Waals surface area contributed by atoms with Crippen LogP contribution < -0.4 is 0 Å². The molecule has 9 atom stereocenters. The molecule has 0 amide bonds. The van der Waals surface area contributed by atoms with Crippen molar-refractivity contribution in [1.82, 2.24) is 0 Å². The zero-order valence-corrected chi connectivity index (χ0v) is 40.2. The largest absolute Gasteiger partial charge is 0.472 e. The Morgan fingerprint density at radius 3 is 1.64 bits per heavy atom. The highest BCUT2D eigenvalue weighted by Crippen LogP contribution is 2.47. The van der Waals surface area contributed by atoms with Gasteiger partial charge in [0.05, 0.1) is 12.7 Å². The Kier molecular flexibility index (Phi) is 36.2. The first-order valence-electron chi connectivity index (χ1n) is 23.8. The molecule has 14 nitrogen and oxygen atoms in total. The van der Waals surface area contributed by atoms with Gasteiger partial charge in [-0.1, -0.05) is 142 Å². The van der Waals surface area contributed by atoms with Crippen molar-refractivity contribution in [2.75, 3.05) is 13.2 Å². The quantitative estimate of drug-likeness (QED) is 0.0102. The van der Waals surface area contributed by atoms with Crippen molar-refractivity contribution in [3.05, 3.63) is 109 Å². The van der Waals surface area contributed by atoms with E-state index in [4.69, 9.17) is 18.5 Å². The highest BCUT2D eigenvalue weighted by atomic mass is 31.2. The van der Waals surface area contributed by atoms with Crippen LogP contribution in [0.1, 0.15) is 136 Å². The maximum atomic E-state index is 12.8. The number of carbonyl (C=O) groups is 2. The lowest BCUT2D eigenvalue weighted by Gasteiger charge is -2.41. The van der Waals surface area contributed by atoms with Gasteiger partial charge in [-0.05, 0) is 89.9 Å². The molecule has 1 fully saturated rings. The first kappa shape index (κ1) is 60.5. The molecular formula is C51H81O14P. The molecule has 1 saturated carbocycles. The highest BCUT2D eigenvalue weighted by Gasteiger charge is 2.51. The Bertz CT molecular complexity index is 1580. The molecule has 4 unspecified atom stereocenters. The summed E-state index contributed by atoms with van der Waals surface area (Å²) in [6.45, 7) is 2.99. The van der Waals surface area contributed by atoms with E-state index in [-0.39, 0.29) is 12.8 Å². The molecule has 1 aliphatic carbocycles. The van der Waals surface area contributed by atoms with E-state index < -0.39 is 81.8 Å². The van der Waals surface area contributed by atoms with Gasteiger partial charge in [-0.2, -0.15) is 0 Å². The third-order valence-electron chi connectivity index (χ3n) is 10.2.